The number of piperazine rings is 1. The Hall–Kier alpha value is -2.29. The average molecular weight is 593 g/mol. The smallest absolute Gasteiger partial charge is 0.243 e. The minimum Gasteiger partial charge on any atom is -0.417 e. The fraction of sp³-hybridized carbons (Fsp3) is 0.471. The Morgan fingerprint density at radius 1 is 0.878 bits per heavy atom. The van der Waals surface area contributed by atoms with Gasteiger partial charge in [0.25, 0.3) is 0 Å². The van der Waals surface area contributed by atoms with Gasteiger partial charge in [0.15, 0.2) is 8.32 Å². The summed E-state index contributed by atoms with van der Waals surface area (Å²) < 4.78 is 36.1. The third kappa shape index (κ3) is 7.38. The highest BCUT2D eigenvalue weighted by atomic mass is 32.2. The zero-order chi connectivity index (χ0) is 29.8. The van der Waals surface area contributed by atoms with Crippen molar-refractivity contribution in [2.75, 3.05) is 19.7 Å². The summed E-state index contributed by atoms with van der Waals surface area (Å²) in [5.41, 5.74) is 3.50. The second-order valence-corrected chi connectivity index (χ2v) is 19.8. The fourth-order valence-electron chi connectivity index (χ4n) is 5.50. The minimum atomic E-state index is -3.63. The molecule has 1 fully saturated rings. The Kier molecular flexibility index (Phi) is 9.97. The largest absolute Gasteiger partial charge is 0.417 e. The maximum absolute atomic E-state index is 13.9. The van der Waals surface area contributed by atoms with Crippen LogP contribution in [0.1, 0.15) is 63.3 Å². The molecule has 1 heterocycles. The molecule has 0 spiro atoms. The van der Waals surface area contributed by atoms with Crippen molar-refractivity contribution in [2.24, 2.45) is 0 Å². The molecule has 2 atom stereocenters. The van der Waals surface area contributed by atoms with Crippen LogP contribution in [0.2, 0.25) is 18.1 Å². The zero-order valence-corrected chi connectivity index (χ0v) is 27.7. The summed E-state index contributed by atoms with van der Waals surface area (Å²) in [5.74, 6) is 0. The van der Waals surface area contributed by atoms with Crippen LogP contribution in [0.5, 0.6) is 0 Å². The summed E-state index contributed by atoms with van der Waals surface area (Å²) in [4.78, 5) is 2.91. The molecule has 7 heteroatoms. The summed E-state index contributed by atoms with van der Waals surface area (Å²) in [5, 5.41) is 0.157. The van der Waals surface area contributed by atoms with Crippen molar-refractivity contribution in [3.63, 3.8) is 0 Å². The number of nitrogens with zero attached hydrogens (tertiary/aromatic N) is 2. The highest BCUT2D eigenvalue weighted by molar-refractivity contribution is 7.89. The van der Waals surface area contributed by atoms with Gasteiger partial charge in [-0.05, 0) is 68.1 Å². The Morgan fingerprint density at radius 2 is 1.41 bits per heavy atom. The first-order valence-corrected chi connectivity index (χ1v) is 19.2. The predicted molar refractivity (Wildman–Crippen MR) is 172 cm³/mol. The summed E-state index contributed by atoms with van der Waals surface area (Å²) >= 11 is 0. The monoisotopic (exact) mass is 592 g/mol. The molecule has 0 aliphatic carbocycles. The third-order valence-corrected chi connectivity index (χ3v) is 15.5. The summed E-state index contributed by atoms with van der Waals surface area (Å²) in [6.45, 7) is 17.2. The Morgan fingerprint density at radius 3 is 1.93 bits per heavy atom. The number of hydrogen-bond donors (Lipinski definition) is 0. The van der Waals surface area contributed by atoms with Gasteiger partial charge in [-0.15, -0.1) is 0 Å². The molecule has 4 rings (SSSR count). The topological polar surface area (TPSA) is 49.9 Å². The van der Waals surface area contributed by atoms with E-state index in [2.05, 4.69) is 99.4 Å². The van der Waals surface area contributed by atoms with E-state index in [0.29, 0.717) is 24.6 Å². The number of aryl methyl sites for hydroxylation is 1. The molecule has 222 valence electrons. The molecule has 0 saturated carbocycles. The van der Waals surface area contributed by atoms with Crippen LogP contribution in [0.3, 0.4) is 0 Å². The van der Waals surface area contributed by atoms with Crippen LogP contribution >= 0.6 is 0 Å². The first kappa shape index (κ1) is 31.6. The van der Waals surface area contributed by atoms with Gasteiger partial charge in [-0.2, -0.15) is 4.31 Å². The number of benzene rings is 3. The van der Waals surface area contributed by atoms with Crippen molar-refractivity contribution in [1.82, 2.24) is 9.21 Å². The SMILES string of the molecule is Cc1ccc(S(=O)(=O)N2C[C@@H](CCCO[Si](C)(C)C(C)(C)C)N(C(c3ccccc3)c3ccccc3)C[C@H]2C)cc1. The van der Waals surface area contributed by atoms with Crippen molar-refractivity contribution in [3.05, 3.63) is 102 Å². The normalized spacial score (nSPS) is 19.5. The van der Waals surface area contributed by atoms with Crippen LogP contribution in [-0.4, -0.2) is 57.7 Å². The van der Waals surface area contributed by atoms with Crippen molar-refractivity contribution in [1.29, 1.82) is 0 Å². The molecule has 3 aromatic rings. The molecule has 5 nitrogen and oxygen atoms in total. The van der Waals surface area contributed by atoms with Gasteiger partial charge in [0.1, 0.15) is 0 Å². The van der Waals surface area contributed by atoms with Gasteiger partial charge in [-0.25, -0.2) is 8.42 Å². The molecule has 1 saturated heterocycles. The second-order valence-electron chi connectivity index (χ2n) is 13.1. The van der Waals surface area contributed by atoms with Gasteiger partial charge >= 0.3 is 0 Å². The van der Waals surface area contributed by atoms with Crippen LogP contribution in [0, 0.1) is 6.92 Å². The molecule has 0 unspecified atom stereocenters. The second kappa shape index (κ2) is 12.9. The molecule has 0 N–H and O–H groups in total. The van der Waals surface area contributed by atoms with Gasteiger partial charge in [-0.3, -0.25) is 4.90 Å². The van der Waals surface area contributed by atoms with Gasteiger partial charge in [-0.1, -0.05) is 99.1 Å². The summed E-state index contributed by atoms with van der Waals surface area (Å²) in [6.07, 6.45) is 1.74. The molecule has 0 amide bonds. The van der Waals surface area contributed by atoms with E-state index >= 15 is 0 Å². The lowest BCUT2D eigenvalue weighted by atomic mass is 9.92. The standard InChI is InChI=1S/C34H48N2O3SSi/c1-27-20-22-32(23-21-27)40(37,38)36-26-31(19-14-24-39-41(6,7)34(3,4)5)35(25-28(36)2)33(29-15-10-8-11-16-29)30-17-12-9-13-18-30/h8-13,15-18,20-23,28,31,33H,14,19,24-26H2,1-7H3/t28-,31-/m1/s1. The van der Waals surface area contributed by atoms with E-state index in [-0.39, 0.29) is 23.2 Å². The molecule has 1 aliphatic rings. The van der Waals surface area contributed by atoms with Gasteiger partial charge in [0.05, 0.1) is 10.9 Å². The van der Waals surface area contributed by atoms with Gasteiger partial charge < -0.3 is 4.43 Å². The highest BCUT2D eigenvalue weighted by Gasteiger charge is 2.42. The van der Waals surface area contributed by atoms with Crippen molar-refractivity contribution in [2.45, 2.75) is 88.6 Å². The van der Waals surface area contributed by atoms with Crippen LogP contribution in [0.4, 0.5) is 0 Å². The van der Waals surface area contributed by atoms with E-state index < -0.39 is 18.3 Å². The van der Waals surface area contributed by atoms with Crippen molar-refractivity contribution >= 4 is 18.3 Å². The molecule has 0 radical (unpaired) electrons. The van der Waals surface area contributed by atoms with E-state index in [1.54, 1.807) is 16.4 Å². The van der Waals surface area contributed by atoms with E-state index in [4.69, 9.17) is 4.43 Å². The Labute approximate surface area is 249 Å². The van der Waals surface area contributed by atoms with Gasteiger partial charge in [0, 0.05) is 31.8 Å². The van der Waals surface area contributed by atoms with Crippen LogP contribution in [0.15, 0.2) is 89.8 Å². The van der Waals surface area contributed by atoms with Crippen LogP contribution in [-0.2, 0) is 14.4 Å². The Balaban J connectivity index is 1.66. The molecule has 3 aromatic carbocycles. The number of rotatable bonds is 10. The van der Waals surface area contributed by atoms with Crippen LogP contribution < -0.4 is 0 Å². The first-order valence-electron chi connectivity index (χ1n) is 14.9. The number of hydrogen-bond acceptors (Lipinski definition) is 4. The maximum Gasteiger partial charge on any atom is 0.243 e. The fourth-order valence-corrected chi connectivity index (χ4v) is 8.25. The molecular weight excluding hydrogens is 545 g/mol. The molecule has 0 aromatic heterocycles. The maximum atomic E-state index is 13.9. The summed E-state index contributed by atoms with van der Waals surface area (Å²) in [7, 11) is -5.49. The average Bonchev–Trinajstić information content (AvgIpc) is 2.93. The van der Waals surface area contributed by atoms with Crippen molar-refractivity contribution < 1.29 is 12.8 Å². The minimum absolute atomic E-state index is 0.0374. The lowest BCUT2D eigenvalue weighted by molar-refractivity contribution is 0.0502. The van der Waals surface area contributed by atoms with E-state index in [9.17, 15) is 8.42 Å². The lowest BCUT2D eigenvalue weighted by Crippen LogP contribution is -2.59. The lowest BCUT2D eigenvalue weighted by Gasteiger charge is -2.48. The van der Waals surface area contributed by atoms with E-state index in [0.717, 1.165) is 18.4 Å². The zero-order valence-electron chi connectivity index (χ0n) is 25.9. The molecule has 0 bridgehead atoms. The predicted octanol–water partition coefficient (Wildman–Crippen LogP) is 7.65. The first-order chi connectivity index (χ1) is 19.3. The highest BCUT2D eigenvalue weighted by Crippen LogP contribution is 2.38. The van der Waals surface area contributed by atoms with Gasteiger partial charge in [0.2, 0.25) is 10.0 Å². The van der Waals surface area contributed by atoms with E-state index in [1.165, 1.54) is 11.1 Å². The van der Waals surface area contributed by atoms with Crippen molar-refractivity contribution in [3.8, 4) is 0 Å². The van der Waals surface area contributed by atoms with E-state index in [1.807, 2.05) is 26.0 Å². The number of sulfonamides is 1. The van der Waals surface area contributed by atoms with Crippen LogP contribution in [0.25, 0.3) is 0 Å². The molecular formula is C34H48N2O3SSi. The molecule has 1 aliphatic heterocycles. The Bertz CT molecular complexity index is 1320. The third-order valence-electron chi connectivity index (χ3n) is 8.97. The summed E-state index contributed by atoms with van der Waals surface area (Å²) in [6, 6.07) is 28.4. The molecule has 41 heavy (non-hydrogen) atoms. The quantitative estimate of drug-likeness (QED) is 0.179.